The summed E-state index contributed by atoms with van der Waals surface area (Å²) in [4.78, 5) is 13.4. The van der Waals surface area contributed by atoms with E-state index in [0.717, 1.165) is 38.9 Å². The lowest BCUT2D eigenvalue weighted by Gasteiger charge is -2.38. The Morgan fingerprint density at radius 2 is 1.23 bits per heavy atom. The highest BCUT2D eigenvalue weighted by Gasteiger charge is 2.51. The number of benzene rings is 2. The van der Waals surface area contributed by atoms with Gasteiger partial charge in [-0.15, -0.1) is 16.9 Å². The maximum absolute atomic E-state index is 11.7. The Morgan fingerprint density at radius 1 is 0.775 bits per heavy atom. The average Bonchev–Trinajstić information content (AvgIpc) is 3.40. The largest absolute Gasteiger partial charge is 0.494 e. The van der Waals surface area contributed by atoms with Crippen molar-refractivity contribution >= 4 is 38.3 Å². The van der Waals surface area contributed by atoms with Crippen LogP contribution in [0.15, 0.2) is 54.6 Å². The molecule has 3 aromatic rings. The zero-order chi connectivity index (χ0) is 29.5. The van der Waals surface area contributed by atoms with Gasteiger partial charge in [-0.2, -0.15) is 0 Å². The Kier molecular flexibility index (Phi) is 8.74. The van der Waals surface area contributed by atoms with Gasteiger partial charge in [-0.25, -0.2) is 0 Å². The van der Waals surface area contributed by atoms with Gasteiger partial charge >= 0.3 is 7.12 Å². The molecule has 0 N–H and O–H groups in total. The second-order valence-electron chi connectivity index (χ2n) is 12.9. The molecule has 0 bridgehead atoms. The molecular formula is C34H43BO3SSi. The summed E-state index contributed by atoms with van der Waals surface area (Å²) in [6.07, 6.45) is 0.938. The number of carbonyl (C=O) groups is 1. The fourth-order valence-electron chi connectivity index (χ4n) is 6.03. The predicted molar refractivity (Wildman–Crippen MR) is 174 cm³/mol. The first-order chi connectivity index (χ1) is 18.7. The van der Waals surface area contributed by atoms with Crippen LogP contribution in [0.25, 0.3) is 22.3 Å². The highest BCUT2D eigenvalue weighted by molar-refractivity contribution is 7.14. The summed E-state index contributed by atoms with van der Waals surface area (Å²) in [7, 11) is -2.24. The summed E-state index contributed by atoms with van der Waals surface area (Å²) in [5.41, 5.74) is 10.2. The number of rotatable bonds is 7. The van der Waals surface area contributed by atoms with E-state index in [4.69, 9.17) is 9.31 Å². The third-order valence-electron chi connectivity index (χ3n) is 9.09. The molecule has 1 saturated heterocycles. The van der Waals surface area contributed by atoms with Crippen molar-refractivity contribution in [2.24, 2.45) is 0 Å². The van der Waals surface area contributed by atoms with E-state index >= 15 is 0 Å². The minimum atomic E-state index is -1.88. The molecule has 2 aromatic carbocycles. The van der Waals surface area contributed by atoms with Crippen LogP contribution in [0.2, 0.25) is 16.6 Å². The number of hydrogen-bond acceptors (Lipinski definition) is 4. The van der Waals surface area contributed by atoms with E-state index in [1.807, 2.05) is 6.07 Å². The molecule has 1 aliphatic rings. The van der Waals surface area contributed by atoms with Gasteiger partial charge in [0.1, 0.15) is 8.07 Å². The van der Waals surface area contributed by atoms with Crippen molar-refractivity contribution in [1.82, 2.24) is 0 Å². The van der Waals surface area contributed by atoms with E-state index in [9.17, 15) is 4.79 Å². The molecule has 40 heavy (non-hydrogen) atoms. The van der Waals surface area contributed by atoms with Gasteiger partial charge in [0, 0.05) is 5.56 Å². The Bertz CT molecular complexity index is 1370. The van der Waals surface area contributed by atoms with Crippen LogP contribution in [0.1, 0.15) is 83.8 Å². The third kappa shape index (κ3) is 5.67. The lowest BCUT2D eigenvalue weighted by molar-refractivity contribution is 0.00578. The number of hydrogen-bond donors (Lipinski definition) is 0. The van der Waals surface area contributed by atoms with Gasteiger partial charge in [0.2, 0.25) is 0 Å². The zero-order valence-electron chi connectivity index (χ0n) is 25.7. The van der Waals surface area contributed by atoms with E-state index in [-0.39, 0.29) is 18.3 Å². The van der Waals surface area contributed by atoms with Crippen molar-refractivity contribution in [3.05, 3.63) is 64.4 Å². The maximum Gasteiger partial charge on any atom is 0.494 e. The van der Waals surface area contributed by atoms with E-state index < -0.39 is 8.07 Å². The Morgan fingerprint density at radius 3 is 1.68 bits per heavy atom. The van der Waals surface area contributed by atoms with Crippen LogP contribution in [-0.4, -0.2) is 32.7 Å². The van der Waals surface area contributed by atoms with Crippen LogP contribution < -0.4 is 5.46 Å². The standard InChI is InChI=1S/C34H43BO3SSi/c1-23(2)40(24(3)4,25(5)6)20-19-32-31(21-30(22-36)39-32)28-13-11-26(12-14-28)27-15-17-29(18-16-27)35-37-33(7,8)34(9,10)38-35/h11-18,21-25H,1-10H3. The molecule has 3 nitrogen and oxygen atoms in total. The quantitative estimate of drug-likeness (QED) is 0.162. The van der Waals surface area contributed by atoms with Gasteiger partial charge < -0.3 is 9.31 Å². The van der Waals surface area contributed by atoms with E-state index in [1.54, 1.807) is 0 Å². The second kappa shape index (κ2) is 11.5. The molecule has 0 unspecified atom stereocenters. The molecule has 0 saturated carbocycles. The topological polar surface area (TPSA) is 35.5 Å². The first kappa shape index (κ1) is 30.5. The summed E-state index contributed by atoms with van der Waals surface area (Å²) >= 11 is 1.50. The number of thiophene rings is 1. The molecule has 210 valence electrons. The van der Waals surface area contributed by atoms with Crippen LogP contribution in [-0.2, 0) is 9.31 Å². The molecule has 1 aromatic heterocycles. The monoisotopic (exact) mass is 570 g/mol. The first-order valence-corrected chi connectivity index (χ1v) is 17.4. The van der Waals surface area contributed by atoms with Gasteiger partial charge in [-0.1, -0.05) is 96.0 Å². The molecule has 0 radical (unpaired) electrons. The molecular weight excluding hydrogens is 527 g/mol. The molecule has 0 aliphatic carbocycles. The van der Waals surface area contributed by atoms with Gasteiger partial charge in [0.05, 0.1) is 21.0 Å². The van der Waals surface area contributed by atoms with Gasteiger partial charge in [-0.3, -0.25) is 4.79 Å². The Balaban J connectivity index is 1.61. The molecule has 0 amide bonds. The molecule has 0 spiro atoms. The van der Waals surface area contributed by atoms with Crippen molar-refractivity contribution < 1.29 is 14.1 Å². The smallest absolute Gasteiger partial charge is 0.399 e. The van der Waals surface area contributed by atoms with Gasteiger partial charge in [0.25, 0.3) is 0 Å². The van der Waals surface area contributed by atoms with Crippen molar-refractivity contribution in [2.75, 3.05) is 0 Å². The molecule has 1 fully saturated rings. The predicted octanol–water partition coefficient (Wildman–Crippen LogP) is 8.76. The summed E-state index contributed by atoms with van der Waals surface area (Å²) in [5.74, 6) is 3.59. The zero-order valence-corrected chi connectivity index (χ0v) is 27.5. The molecule has 0 atom stereocenters. The highest BCUT2D eigenvalue weighted by atomic mass is 32.1. The second-order valence-corrected chi connectivity index (χ2v) is 19.6. The molecule has 6 heteroatoms. The summed E-state index contributed by atoms with van der Waals surface area (Å²) in [6.45, 7) is 22.3. The molecule has 4 rings (SSSR count). The van der Waals surface area contributed by atoms with Crippen molar-refractivity contribution in [3.8, 4) is 33.7 Å². The van der Waals surface area contributed by atoms with Crippen LogP contribution in [0.5, 0.6) is 0 Å². The highest BCUT2D eigenvalue weighted by Crippen LogP contribution is 2.41. The van der Waals surface area contributed by atoms with Crippen LogP contribution in [0, 0.1) is 11.5 Å². The van der Waals surface area contributed by atoms with Crippen LogP contribution >= 0.6 is 11.3 Å². The number of carbonyl (C=O) groups excluding carboxylic acids is 1. The first-order valence-electron chi connectivity index (χ1n) is 14.4. The lowest BCUT2D eigenvalue weighted by atomic mass is 9.78. The van der Waals surface area contributed by atoms with Crippen molar-refractivity contribution in [2.45, 2.75) is 97.1 Å². The van der Waals surface area contributed by atoms with Crippen LogP contribution in [0.4, 0.5) is 0 Å². The third-order valence-corrected chi connectivity index (χ3v) is 16.4. The average molecular weight is 571 g/mol. The Hall–Kier alpha value is -2.43. The van der Waals surface area contributed by atoms with Gasteiger partial charge in [0.15, 0.2) is 6.29 Å². The maximum atomic E-state index is 11.7. The summed E-state index contributed by atoms with van der Waals surface area (Å²) in [5, 5.41) is 0. The van der Waals surface area contributed by atoms with Crippen molar-refractivity contribution in [3.63, 3.8) is 0 Å². The normalized spacial score (nSPS) is 16.5. The number of aldehydes is 1. The van der Waals surface area contributed by atoms with E-state index in [1.165, 1.54) is 11.3 Å². The summed E-state index contributed by atoms with van der Waals surface area (Å²) < 4.78 is 12.4. The van der Waals surface area contributed by atoms with E-state index in [2.05, 4.69) is 129 Å². The fourth-order valence-corrected chi connectivity index (χ4v) is 12.2. The minimum Gasteiger partial charge on any atom is -0.399 e. The van der Waals surface area contributed by atoms with Crippen molar-refractivity contribution in [1.29, 1.82) is 0 Å². The lowest BCUT2D eigenvalue weighted by Crippen LogP contribution is -2.43. The minimum absolute atomic E-state index is 0.358. The fraction of sp³-hybridized carbons (Fsp3) is 0.441. The SMILES string of the molecule is CC(C)[Si](C#Cc1sc(C=O)cc1-c1ccc(-c2ccc(B3OC(C)(C)C(C)(C)O3)cc2)cc1)(C(C)C)C(C)C. The molecule has 1 aliphatic heterocycles. The molecule has 2 heterocycles. The van der Waals surface area contributed by atoms with Gasteiger partial charge in [-0.05, 0) is 72.5 Å². The van der Waals surface area contributed by atoms with E-state index in [0.29, 0.717) is 21.5 Å². The van der Waals surface area contributed by atoms with Crippen LogP contribution in [0.3, 0.4) is 0 Å². The summed E-state index contributed by atoms with van der Waals surface area (Å²) in [6, 6.07) is 19.0. The Labute approximate surface area is 246 Å².